The van der Waals surface area contributed by atoms with Crippen molar-refractivity contribution in [2.75, 3.05) is 20.3 Å². The predicted molar refractivity (Wildman–Crippen MR) is 64.3 cm³/mol. The summed E-state index contributed by atoms with van der Waals surface area (Å²) in [6, 6.07) is 2.17. The number of methoxy groups -OCH3 is 1. The molecule has 0 fully saturated rings. The lowest BCUT2D eigenvalue weighted by molar-refractivity contribution is 0.353. The molecule has 0 atom stereocenters. The SMILES string of the molecule is COc1c(C)cc(CCCN)c2c1CCO2. The average molecular weight is 221 g/mol. The molecule has 0 aromatic heterocycles. The topological polar surface area (TPSA) is 44.5 Å². The Bertz CT molecular complexity index is 388. The highest BCUT2D eigenvalue weighted by Gasteiger charge is 2.22. The summed E-state index contributed by atoms with van der Waals surface area (Å²) in [4.78, 5) is 0. The highest BCUT2D eigenvalue weighted by Crippen LogP contribution is 2.39. The number of ether oxygens (including phenoxy) is 2. The van der Waals surface area contributed by atoms with Gasteiger partial charge in [0.15, 0.2) is 0 Å². The summed E-state index contributed by atoms with van der Waals surface area (Å²) in [7, 11) is 1.72. The third kappa shape index (κ3) is 1.87. The van der Waals surface area contributed by atoms with Crippen LogP contribution >= 0.6 is 0 Å². The minimum atomic E-state index is 0.722. The standard InChI is InChI=1S/C13H19NO2/c1-9-8-10(4-3-6-14)13-11(5-7-16-13)12(9)15-2/h8H,3-7,14H2,1-2H3. The first-order chi connectivity index (χ1) is 7.77. The number of aryl methyl sites for hydroxylation is 2. The molecule has 0 unspecified atom stereocenters. The smallest absolute Gasteiger partial charge is 0.129 e. The van der Waals surface area contributed by atoms with Crippen molar-refractivity contribution in [3.63, 3.8) is 0 Å². The van der Waals surface area contributed by atoms with Crippen LogP contribution < -0.4 is 15.2 Å². The fourth-order valence-electron chi connectivity index (χ4n) is 2.35. The first-order valence-electron chi connectivity index (χ1n) is 5.80. The number of nitrogens with two attached hydrogens (primary N) is 1. The van der Waals surface area contributed by atoms with E-state index in [0.717, 1.165) is 43.9 Å². The Morgan fingerprint density at radius 1 is 1.50 bits per heavy atom. The molecule has 1 aliphatic rings. The van der Waals surface area contributed by atoms with Gasteiger partial charge in [-0.05, 0) is 43.5 Å². The summed E-state index contributed by atoms with van der Waals surface area (Å²) in [5.41, 5.74) is 9.25. The van der Waals surface area contributed by atoms with Crippen LogP contribution in [0.2, 0.25) is 0 Å². The maximum absolute atomic E-state index is 5.70. The van der Waals surface area contributed by atoms with Gasteiger partial charge < -0.3 is 15.2 Å². The Morgan fingerprint density at radius 2 is 2.31 bits per heavy atom. The van der Waals surface area contributed by atoms with Crippen LogP contribution in [0.15, 0.2) is 6.07 Å². The van der Waals surface area contributed by atoms with E-state index in [9.17, 15) is 0 Å². The summed E-state index contributed by atoms with van der Waals surface area (Å²) < 4.78 is 11.1. The minimum absolute atomic E-state index is 0.722. The van der Waals surface area contributed by atoms with Crippen molar-refractivity contribution in [2.45, 2.75) is 26.2 Å². The van der Waals surface area contributed by atoms with Gasteiger partial charge in [0, 0.05) is 12.0 Å². The molecule has 0 saturated carbocycles. The van der Waals surface area contributed by atoms with Crippen LogP contribution in [0.5, 0.6) is 11.5 Å². The van der Waals surface area contributed by atoms with Crippen LogP contribution in [0.1, 0.15) is 23.1 Å². The van der Waals surface area contributed by atoms with E-state index in [2.05, 4.69) is 13.0 Å². The summed E-state index contributed by atoms with van der Waals surface area (Å²) in [6.07, 6.45) is 2.95. The van der Waals surface area contributed by atoms with Crippen LogP contribution in [0.4, 0.5) is 0 Å². The van der Waals surface area contributed by atoms with Crippen molar-refractivity contribution in [1.82, 2.24) is 0 Å². The van der Waals surface area contributed by atoms with Crippen LogP contribution in [-0.4, -0.2) is 20.3 Å². The molecule has 0 bridgehead atoms. The lowest BCUT2D eigenvalue weighted by Crippen LogP contribution is -2.02. The largest absolute Gasteiger partial charge is 0.496 e. The number of rotatable bonds is 4. The Kier molecular flexibility index (Phi) is 3.34. The van der Waals surface area contributed by atoms with E-state index in [-0.39, 0.29) is 0 Å². The van der Waals surface area contributed by atoms with Crippen molar-refractivity contribution in [2.24, 2.45) is 5.73 Å². The van der Waals surface area contributed by atoms with Gasteiger partial charge in [-0.3, -0.25) is 0 Å². The molecule has 1 heterocycles. The van der Waals surface area contributed by atoms with Gasteiger partial charge in [0.05, 0.1) is 13.7 Å². The maximum atomic E-state index is 5.70. The zero-order chi connectivity index (χ0) is 11.5. The van der Waals surface area contributed by atoms with E-state index in [1.54, 1.807) is 7.11 Å². The van der Waals surface area contributed by atoms with Crippen molar-refractivity contribution in [3.8, 4) is 11.5 Å². The average Bonchev–Trinajstić information content (AvgIpc) is 2.75. The summed E-state index contributed by atoms with van der Waals surface area (Å²) in [6.45, 7) is 3.58. The molecule has 0 spiro atoms. The van der Waals surface area contributed by atoms with Gasteiger partial charge >= 0.3 is 0 Å². The number of benzene rings is 1. The zero-order valence-corrected chi connectivity index (χ0v) is 10.0. The zero-order valence-electron chi connectivity index (χ0n) is 10.0. The first kappa shape index (κ1) is 11.3. The van der Waals surface area contributed by atoms with Gasteiger partial charge in [0.1, 0.15) is 11.5 Å². The fraction of sp³-hybridized carbons (Fsp3) is 0.538. The van der Waals surface area contributed by atoms with Gasteiger partial charge in [-0.25, -0.2) is 0 Å². The van der Waals surface area contributed by atoms with Gasteiger partial charge in [0.25, 0.3) is 0 Å². The van der Waals surface area contributed by atoms with Crippen molar-refractivity contribution >= 4 is 0 Å². The molecule has 0 saturated heterocycles. The van der Waals surface area contributed by atoms with E-state index < -0.39 is 0 Å². The van der Waals surface area contributed by atoms with Crippen LogP contribution in [-0.2, 0) is 12.8 Å². The lowest BCUT2D eigenvalue weighted by atomic mass is 9.99. The van der Waals surface area contributed by atoms with Gasteiger partial charge in [-0.15, -0.1) is 0 Å². The number of fused-ring (bicyclic) bond motifs is 1. The van der Waals surface area contributed by atoms with Crippen LogP contribution in [0, 0.1) is 6.92 Å². The second-order valence-electron chi connectivity index (χ2n) is 4.18. The first-order valence-corrected chi connectivity index (χ1v) is 5.80. The van der Waals surface area contributed by atoms with E-state index >= 15 is 0 Å². The molecular formula is C13H19NO2. The van der Waals surface area contributed by atoms with E-state index in [1.807, 2.05) is 0 Å². The fourth-order valence-corrected chi connectivity index (χ4v) is 2.35. The lowest BCUT2D eigenvalue weighted by Gasteiger charge is -2.13. The molecule has 1 aromatic rings. The molecule has 16 heavy (non-hydrogen) atoms. The van der Waals surface area contributed by atoms with E-state index in [0.29, 0.717) is 0 Å². The Balaban J connectivity index is 2.40. The predicted octanol–water partition coefficient (Wildman–Crippen LogP) is 1.83. The highest BCUT2D eigenvalue weighted by molar-refractivity contribution is 5.56. The van der Waals surface area contributed by atoms with Crippen molar-refractivity contribution in [1.29, 1.82) is 0 Å². The van der Waals surface area contributed by atoms with E-state index in [1.165, 1.54) is 16.7 Å². The Labute approximate surface area is 96.5 Å². The molecule has 0 amide bonds. The molecule has 1 aliphatic heterocycles. The molecular weight excluding hydrogens is 202 g/mol. The van der Waals surface area contributed by atoms with Crippen LogP contribution in [0.3, 0.4) is 0 Å². The molecule has 88 valence electrons. The Hall–Kier alpha value is -1.22. The van der Waals surface area contributed by atoms with Gasteiger partial charge in [-0.2, -0.15) is 0 Å². The van der Waals surface area contributed by atoms with Crippen LogP contribution in [0.25, 0.3) is 0 Å². The molecule has 3 nitrogen and oxygen atoms in total. The van der Waals surface area contributed by atoms with E-state index in [4.69, 9.17) is 15.2 Å². The quantitative estimate of drug-likeness (QED) is 0.843. The number of hydrogen-bond donors (Lipinski definition) is 1. The second-order valence-corrected chi connectivity index (χ2v) is 4.18. The molecule has 0 radical (unpaired) electrons. The maximum Gasteiger partial charge on any atom is 0.129 e. The second kappa shape index (κ2) is 4.74. The summed E-state index contributed by atoms with van der Waals surface area (Å²) in [5, 5.41) is 0. The number of hydrogen-bond acceptors (Lipinski definition) is 3. The summed E-state index contributed by atoms with van der Waals surface area (Å²) in [5.74, 6) is 2.03. The molecule has 2 rings (SSSR count). The minimum Gasteiger partial charge on any atom is -0.496 e. The monoisotopic (exact) mass is 221 g/mol. The van der Waals surface area contributed by atoms with Gasteiger partial charge in [0.2, 0.25) is 0 Å². The third-order valence-corrected chi connectivity index (χ3v) is 3.04. The summed E-state index contributed by atoms with van der Waals surface area (Å²) >= 11 is 0. The highest BCUT2D eigenvalue weighted by atomic mass is 16.5. The molecule has 3 heteroatoms. The van der Waals surface area contributed by atoms with Crippen molar-refractivity contribution in [3.05, 3.63) is 22.8 Å². The Morgan fingerprint density at radius 3 is 3.00 bits per heavy atom. The van der Waals surface area contributed by atoms with Crippen molar-refractivity contribution < 1.29 is 9.47 Å². The molecule has 2 N–H and O–H groups in total. The normalized spacial score (nSPS) is 13.4. The molecule has 1 aromatic carbocycles. The van der Waals surface area contributed by atoms with Gasteiger partial charge in [-0.1, -0.05) is 0 Å². The molecule has 0 aliphatic carbocycles. The third-order valence-electron chi connectivity index (χ3n) is 3.04.